The van der Waals surface area contributed by atoms with Crippen molar-refractivity contribution in [3.8, 4) is 5.75 Å². The molecule has 0 unspecified atom stereocenters. The number of halogens is 1. The molecule has 0 aliphatic heterocycles. The summed E-state index contributed by atoms with van der Waals surface area (Å²) in [5.41, 5.74) is 1.14. The van der Waals surface area contributed by atoms with Crippen LogP contribution in [0.3, 0.4) is 0 Å². The number of hydrogen-bond acceptors (Lipinski definition) is 1. The van der Waals surface area contributed by atoms with Crippen molar-refractivity contribution in [1.29, 1.82) is 0 Å². The van der Waals surface area contributed by atoms with Crippen LogP contribution < -0.4 is 5.19 Å². The zero-order valence-corrected chi connectivity index (χ0v) is 10.2. The first-order valence-electron chi connectivity index (χ1n) is 4.32. The van der Waals surface area contributed by atoms with Crippen LogP contribution in [0.5, 0.6) is 5.75 Å². The van der Waals surface area contributed by atoms with Crippen LogP contribution in [0.4, 0.5) is 0 Å². The van der Waals surface area contributed by atoms with E-state index in [1.165, 1.54) is 0 Å². The van der Waals surface area contributed by atoms with Crippen LogP contribution in [0.2, 0.25) is 24.7 Å². The summed E-state index contributed by atoms with van der Waals surface area (Å²) >= 11 is 5.86. The van der Waals surface area contributed by atoms with E-state index in [1.807, 2.05) is 13.0 Å². The van der Waals surface area contributed by atoms with E-state index < -0.39 is 8.07 Å². The molecule has 0 heterocycles. The summed E-state index contributed by atoms with van der Waals surface area (Å²) < 4.78 is 0. The van der Waals surface area contributed by atoms with Crippen molar-refractivity contribution in [2.45, 2.75) is 26.6 Å². The highest BCUT2D eigenvalue weighted by Crippen LogP contribution is 2.24. The first-order valence-corrected chi connectivity index (χ1v) is 8.20. The maximum atomic E-state index is 9.82. The van der Waals surface area contributed by atoms with E-state index >= 15 is 0 Å². The van der Waals surface area contributed by atoms with Gasteiger partial charge in [-0.05, 0) is 23.7 Å². The first kappa shape index (κ1) is 10.6. The molecule has 3 heteroatoms. The maximum Gasteiger partial charge on any atom is 0.133 e. The molecule has 0 fully saturated rings. The van der Waals surface area contributed by atoms with Gasteiger partial charge in [0.25, 0.3) is 0 Å². The lowest BCUT2D eigenvalue weighted by molar-refractivity contribution is 0.479. The normalized spacial score (nSPS) is 11.8. The van der Waals surface area contributed by atoms with Gasteiger partial charge >= 0.3 is 0 Å². The number of phenolic OH excluding ortho intramolecular Hbond substituents is 1. The fourth-order valence-corrected chi connectivity index (χ4v) is 3.96. The van der Waals surface area contributed by atoms with Gasteiger partial charge in [-0.2, -0.15) is 0 Å². The molecule has 0 bridgehead atoms. The van der Waals surface area contributed by atoms with Crippen LogP contribution in [0.15, 0.2) is 12.1 Å². The molecule has 1 nitrogen and oxygen atoms in total. The molecule has 1 aromatic rings. The van der Waals surface area contributed by atoms with Crippen molar-refractivity contribution in [3.63, 3.8) is 0 Å². The summed E-state index contributed by atoms with van der Waals surface area (Å²) in [4.78, 5) is 0. The average Bonchev–Trinajstić information content (AvgIpc) is 1.95. The molecule has 1 aromatic carbocycles. The monoisotopic (exact) mass is 214 g/mol. The molecule has 0 aliphatic rings. The third kappa shape index (κ3) is 2.06. The molecule has 0 atom stereocenters. The van der Waals surface area contributed by atoms with Crippen LogP contribution in [0.25, 0.3) is 0 Å². The third-order valence-electron chi connectivity index (χ3n) is 2.09. The predicted molar refractivity (Wildman–Crippen MR) is 60.8 cm³/mol. The summed E-state index contributed by atoms with van der Waals surface area (Å²) in [6.07, 6.45) is 0. The second kappa shape index (κ2) is 3.35. The second-order valence-electron chi connectivity index (χ2n) is 4.34. The summed E-state index contributed by atoms with van der Waals surface area (Å²) in [5, 5.41) is 11.3. The van der Waals surface area contributed by atoms with E-state index in [0.717, 1.165) is 10.8 Å². The zero-order valence-electron chi connectivity index (χ0n) is 8.48. The molecule has 0 aromatic heterocycles. The van der Waals surface area contributed by atoms with Gasteiger partial charge < -0.3 is 5.11 Å². The minimum atomic E-state index is -1.49. The van der Waals surface area contributed by atoms with E-state index in [4.69, 9.17) is 11.6 Å². The first-order chi connectivity index (χ1) is 5.84. The molecular formula is C10H15ClOSi. The third-order valence-corrected chi connectivity index (χ3v) is 4.52. The molecule has 72 valence electrons. The second-order valence-corrected chi connectivity index (χ2v) is 9.75. The lowest BCUT2D eigenvalue weighted by Gasteiger charge is -2.21. The van der Waals surface area contributed by atoms with Gasteiger partial charge in [-0.25, -0.2) is 0 Å². The molecule has 13 heavy (non-hydrogen) atoms. The average molecular weight is 215 g/mol. The van der Waals surface area contributed by atoms with Gasteiger partial charge in [0.1, 0.15) is 5.75 Å². The van der Waals surface area contributed by atoms with Crippen molar-refractivity contribution in [2.24, 2.45) is 0 Å². The fraction of sp³-hybridized carbons (Fsp3) is 0.400. The van der Waals surface area contributed by atoms with Gasteiger partial charge in [0.2, 0.25) is 0 Å². The van der Waals surface area contributed by atoms with Crippen LogP contribution >= 0.6 is 11.6 Å². The fourth-order valence-electron chi connectivity index (χ4n) is 1.61. The number of rotatable bonds is 1. The highest BCUT2D eigenvalue weighted by molar-refractivity contribution is 6.89. The van der Waals surface area contributed by atoms with Crippen molar-refractivity contribution < 1.29 is 5.11 Å². The minimum Gasteiger partial charge on any atom is -0.507 e. The molecule has 0 saturated heterocycles. The quantitative estimate of drug-likeness (QED) is 0.713. The predicted octanol–water partition coefficient (Wildman–Crippen LogP) is 2.90. The number of benzene rings is 1. The Morgan fingerprint density at radius 1 is 1.23 bits per heavy atom. The standard InChI is InChI=1S/C10H15ClOSi/c1-7-5-6-8(11)9(12)10(7)13(2,3)4/h5-6,12H,1-4H3. The molecule has 1 N–H and O–H groups in total. The van der Waals surface area contributed by atoms with E-state index in [2.05, 4.69) is 19.6 Å². The van der Waals surface area contributed by atoms with Gasteiger partial charge in [0, 0.05) is 0 Å². The summed E-state index contributed by atoms with van der Waals surface area (Å²) in [6, 6.07) is 3.71. The highest BCUT2D eigenvalue weighted by Gasteiger charge is 2.23. The van der Waals surface area contributed by atoms with Gasteiger partial charge in [0.15, 0.2) is 0 Å². The minimum absolute atomic E-state index is 0.279. The van der Waals surface area contributed by atoms with Gasteiger partial charge in [-0.1, -0.05) is 37.3 Å². The largest absolute Gasteiger partial charge is 0.507 e. The molecule has 1 rings (SSSR count). The van der Waals surface area contributed by atoms with E-state index in [9.17, 15) is 5.11 Å². The summed E-state index contributed by atoms with van der Waals surface area (Å²) in [7, 11) is -1.49. The Balaban J connectivity index is 3.43. The van der Waals surface area contributed by atoms with Gasteiger partial charge in [0.05, 0.1) is 13.1 Å². The molecular weight excluding hydrogens is 200 g/mol. The topological polar surface area (TPSA) is 20.2 Å². The molecule has 0 saturated carbocycles. The number of aromatic hydroxyl groups is 1. The Morgan fingerprint density at radius 3 is 2.15 bits per heavy atom. The van der Waals surface area contributed by atoms with E-state index in [1.54, 1.807) is 6.07 Å². The maximum absolute atomic E-state index is 9.82. The van der Waals surface area contributed by atoms with Crippen LogP contribution in [0, 0.1) is 6.92 Å². The van der Waals surface area contributed by atoms with Crippen LogP contribution in [-0.2, 0) is 0 Å². The Labute approximate surface area is 85.4 Å². The lowest BCUT2D eigenvalue weighted by atomic mass is 10.2. The molecule has 0 amide bonds. The molecule has 0 aliphatic carbocycles. The highest BCUT2D eigenvalue weighted by atomic mass is 35.5. The Bertz CT molecular complexity index is 328. The number of hydrogen-bond donors (Lipinski definition) is 1. The Hall–Kier alpha value is -0.473. The Kier molecular flexibility index (Phi) is 2.73. The number of aryl methyl sites for hydroxylation is 1. The van der Waals surface area contributed by atoms with E-state index in [-0.39, 0.29) is 5.75 Å². The van der Waals surface area contributed by atoms with Crippen molar-refractivity contribution in [3.05, 3.63) is 22.7 Å². The smallest absolute Gasteiger partial charge is 0.133 e. The SMILES string of the molecule is Cc1ccc(Cl)c(O)c1[Si](C)(C)C. The summed E-state index contributed by atoms with van der Waals surface area (Å²) in [5.74, 6) is 0.279. The van der Waals surface area contributed by atoms with Crippen LogP contribution in [-0.4, -0.2) is 13.2 Å². The molecule has 0 spiro atoms. The van der Waals surface area contributed by atoms with E-state index in [0.29, 0.717) is 5.02 Å². The summed E-state index contributed by atoms with van der Waals surface area (Å²) in [6.45, 7) is 8.62. The van der Waals surface area contributed by atoms with Crippen molar-refractivity contribution in [1.82, 2.24) is 0 Å². The van der Waals surface area contributed by atoms with Crippen molar-refractivity contribution in [2.75, 3.05) is 0 Å². The van der Waals surface area contributed by atoms with Gasteiger partial charge in [-0.3, -0.25) is 0 Å². The van der Waals surface area contributed by atoms with Crippen LogP contribution in [0.1, 0.15) is 5.56 Å². The Morgan fingerprint density at radius 2 is 1.77 bits per heavy atom. The lowest BCUT2D eigenvalue weighted by Crippen LogP contribution is -2.39. The zero-order chi connectivity index (χ0) is 10.2. The number of phenols is 1. The van der Waals surface area contributed by atoms with Crippen molar-refractivity contribution >= 4 is 24.9 Å². The van der Waals surface area contributed by atoms with Gasteiger partial charge in [-0.15, -0.1) is 0 Å². The molecule has 0 radical (unpaired) electrons.